The van der Waals surface area contributed by atoms with Crippen LogP contribution >= 0.6 is 0 Å². The van der Waals surface area contributed by atoms with Crippen molar-refractivity contribution in [1.82, 2.24) is 5.32 Å². The summed E-state index contributed by atoms with van der Waals surface area (Å²) in [6, 6.07) is 18.7. The van der Waals surface area contributed by atoms with Crippen LogP contribution in [0.25, 0.3) is 10.8 Å². The van der Waals surface area contributed by atoms with Crippen molar-refractivity contribution in [3.05, 3.63) is 71.8 Å². The summed E-state index contributed by atoms with van der Waals surface area (Å²) < 4.78 is 28.7. The van der Waals surface area contributed by atoms with E-state index in [-0.39, 0.29) is 0 Å². The smallest absolute Gasteiger partial charge is 0.262 e. The lowest BCUT2D eigenvalue weighted by Gasteiger charge is -2.21. The highest BCUT2D eigenvalue weighted by molar-refractivity contribution is 7.93. The van der Waals surface area contributed by atoms with Crippen molar-refractivity contribution in [2.45, 2.75) is 17.9 Å². The van der Waals surface area contributed by atoms with Gasteiger partial charge in [-0.05, 0) is 41.6 Å². The molecule has 0 fully saturated rings. The zero-order valence-corrected chi connectivity index (χ0v) is 13.9. The van der Waals surface area contributed by atoms with Crippen LogP contribution in [0.2, 0.25) is 0 Å². The van der Waals surface area contributed by atoms with Crippen molar-refractivity contribution >= 4 is 26.5 Å². The van der Waals surface area contributed by atoms with Gasteiger partial charge in [0.25, 0.3) is 10.0 Å². The molecule has 122 valence electrons. The number of nitrogens with one attached hydrogen (secondary N) is 2. The Kier molecular flexibility index (Phi) is 3.75. The Morgan fingerprint density at radius 3 is 2.62 bits per heavy atom. The van der Waals surface area contributed by atoms with Gasteiger partial charge in [0.15, 0.2) is 0 Å². The zero-order valence-electron chi connectivity index (χ0n) is 13.1. The molecule has 0 aliphatic carbocycles. The molecular formula is C19H18N2O2S. The van der Waals surface area contributed by atoms with Crippen molar-refractivity contribution in [1.29, 1.82) is 0 Å². The average molecular weight is 338 g/mol. The first kappa shape index (κ1) is 15.2. The number of hydrogen-bond donors (Lipinski definition) is 2. The Morgan fingerprint density at radius 2 is 1.71 bits per heavy atom. The number of hydrogen-bond acceptors (Lipinski definition) is 3. The number of fused-ring (bicyclic) bond motifs is 2. The molecule has 4 rings (SSSR count). The summed E-state index contributed by atoms with van der Waals surface area (Å²) in [4.78, 5) is 0.312. The number of benzene rings is 3. The second-order valence-electron chi connectivity index (χ2n) is 5.95. The standard InChI is InChI=1S/C19H18N2O2S/c22-24(23,19-10-4-6-14-5-1-2-8-17(14)19)21-18-9-3-7-15-13-20-12-11-16(15)18/h1-10,20-21H,11-13H2. The van der Waals surface area contributed by atoms with Gasteiger partial charge in [0, 0.05) is 11.9 Å². The van der Waals surface area contributed by atoms with E-state index in [4.69, 9.17) is 0 Å². The van der Waals surface area contributed by atoms with Crippen LogP contribution in [0, 0.1) is 0 Å². The lowest BCUT2D eigenvalue weighted by molar-refractivity contribution is 0.601. The van der Waals surface area contributed by atoms with Crippen molar-refractivity contribution < 1.29 is 8.42 Å². The average Bonchev–Trinajstić information content (AvgIpc) is 2.61. The highest BCUT2D eigenvalue weighted by Crippen LogP contribution is 2.28. The van der Waals surface area contributed by atoms with Gasteiger partial charge in [-0.3, -0.25) is 4.72 Å². The van der Waals surface area contributed by atoms with Gasteiger partial charge in [0.05, 0.1) is 10.6 Å². The molecule has 2 N–H and O–H groups in total. The Labute approximate surface area is 141 Å². The van der Waals surface area contributed by atoms with Gasteiger partial charge in [-0.25, -0.2) is 8.42 Å². The summed E-state index contributed by atoms with van der Waals surface area (Å²) in [6.07, 6.45) is 0.823. The third kappa shape index (κ3) is 2.66. The van der Waals surface area contributed by atoms with E-state index in [0.717, 1.165) is 41.4 Å². The SMILES string of the molecule is O=S(=O)(Nc1cccc2c1CCNC2)c1cccc2ccccc12. The maximum absolute atomic E-state index is 13.0. The Balaban J connectivity index is 1.79. The van der Waals surface area contributed by atoms with Crippen molar-refractivity contribution in [2.75, 3.05) is 11.3 Å². The fraction of sp³-hybridized carbons (Fsp3) is 0.158. The molecule has 1 aliphatic heterocycles. The van der Waals surface area contributed by atoms with E-state index in [1.165, 1.54) is 0 Å². The highest BCUT2D eigenvalue weighted by Gasteiger charge is 2.20. The second-order valence-corrected chi connectivity index (χ2v) is 7.60. The molecule has 0 amide bonds. The molecule has 3 aromatic carbocycles. The van der Waals surface area contributed by atoms with Crippen LogP contribution in [-0.2, 0) is 23.0 Å². The summed E-state index contributed by atoms with van der Waals surface area (Å²) >= 11 is 0. The third-order valence-electron chi connectivity index (χ3n) is 4.42. The van der Waals surface area contributed by atoms with Gasteiger partial charge in [0.1, 0.15) is 0 Å². The molecule has 0 spiro atoms. The molecule has 0 bridgehead atoms. The monoisotopic (exact) mass is 338 g/mol. The Hall–Kier alpha value is -2.37. The van der Waals surface area contributed by atoms with Crippen LogP contribution < -0.4 is 10.0 Å². The van der Waals surface area contributed by atoms with Crippen molar-refractivity contribution in [3.63, 3.8) is 0 Å². The van der Waals surface area contributed by atoms with E-state index >= 15 is 0 Å². The minimum atomic E-state index is -3.64. The molecule has 24 heavy (non-hydrogen) atoms. The third-order valence-corrected chi connectivity index (χ3v) is 5.85. The van der Waals surface area contributed by atoms with Crippen molar-refractivity contribution in [2.24, 2.45) is 0 Å². The first-order valence-corrected chi connectivity index (χ1v) is 9.45. The van der Waals surface area contributed by atoms with Crippen LogP contribution in [0.5, 0.6) is 0 Å². The first-order chi connectivity index (χ1) is 11.6. The molecule has 0 atom stereocenters. The largest absolute Gasteiger partial charge is 0.312 e. The fourth-order valence-electron chi connectivity index (χ4n) is 3.26. The molecule has 0 saturated heterocycles. The van der Waals surface area contributed by atoms with Crippen LogP contribution in [0.15, 0.2) is 65.6 Å². The van der Waals surface area contributed by atoms with Gasteiger partial charge in [-0.2, -0.15) is 0 Å². The summed E-state index contributed by atoms with van der Waals surface area (Å²) in [6.45, 7) is 1.64. The zero-order chi connectivity index (χ0) is 16.6. The van der Waals surface area contributed by atoms with Gasteiger partial charge in [-0.15, -0.1) is 0 Å². The molecule has 0 radical (unpaired) electrons. The van der Waals surface area contributed by atoms with E-state index in [1.807, 2.05) is 48.5 Å². The normalized spacial score (nSPS) is 14.3. The molecule has 5 heteroatoms. The van der Waals surface area contributed by atoms with Crippen LogP contribution in [-0.4, -0.2) is 15.0 Å². The highest BCUT2D eigenvalue weighted by atomic mass is 32.2. The topological polar surface area (TPSA) is 58.2 Å². The molecule has 4 nitrogen and oxygen atoms in total. The molecule has 0 unspecified atom stereocenters. The van der Waals surface area contributed by atoms with Crippen LogP contribution in [0.4, 0.5) is 5.69 Å². The second kappa shape index (κ2) is 5.92. The van der Waals surface area contributed by atoms with E-state index in [9.17, 15) is 8.42 Å². The molecule has 0 aromatic heterocycles. The van der Waals surface area contributed by atoms with Gasteiger partial charge >= 0.3 is 0 Å². The summed E-state index contributed by atoms with van der Waals surface area (Å²) in [5, 5.41) is 4.96. The van der Waals surface area contributed by atoms with Crippen molar-refractivity contribution in [3.8, 4) is 0 Å². The van der Waals surface area contributed by atoms with E-state index in [2.05, 4.69) is 10.0 Å². The molecule has 3 aromatic rings. The summed E-state index contributed by atoms with van der Waals surface area (Å²) in [5.41, 5.74) is 2.92. The van der Waals surface area contributed by atoms with Crippen LogP contribution in [0.3, 0.4) is 0 Å². The molecule has 1 heterocycles. The van der Waals surface area contributed by atoms with E-state index in [0.29, 0.717) is 10.6 Å². The Bertz CT molecular complexity index is 1010. The maximum atomic E-state index is 13.0. The summed E-state index contributed by atoms with van der Waals surface area (Å²) in [7, 11) is -3.64. The lowest BCUT2D eigenvalue weighted by atomic mass is 9.99. The van der Waals surface area contributed by atoms with Gasteiger partial charge < -0.3 is 5.32 Å². The number of rotatable bonds is 3. The van der Waals surface area contributed by atoms with E-state index < -0.39 is 10.0 Å². The number of sulfonamides is 1. The quantitative estimate of drug-likeness (QED) is 0.770. The van der Waals surface area contributed by atoms with Gasteiger partial charge in [0.2, 0.25) is 0 Å². The Morgan fingerprint density at radius 1 is 0.917 bits per heavy atom. The molecule has 1 aliphatic rings. The lowest BCUT2D eigenvalue weighted by Crippen LogP contribution is -2.25. The molecule has 0 saturated carbocycles. The fourth-order valence-corrected chi connectivity index (χ4v) is 4.58. The maximum Gasteiger partial charge on any atom is 0.262 e. The van der Waals surface area contributed by atoms with Crippen LogP contribution in [0.1, 0.15) is 11.1 Å². The number of anilines is 1. The molecular weight excluding hydrogens is 320 g/mol. The first-order valence-electron chi connectivity index (χ1n) is 7.97. The van der Waals surface area contributed by atoms with Gasteiger partial charge in [-0.1, -0.05) is 48.5 Å². The van der Waals surface area contributed by atoms with E-state index in [1.54, 1.807) is 12.1 Å². The minimum absolute atomic E-state index is 0.312. The predicted octanol–water partition coefficient (Wildman–Crippen LogP) is 3.29. The predicted molar refractivity (Wildman–Crippen MR) is 96.6 cm³/mol. The summed E-state index contributed by atoms with van der Waals surface area (Å²) in [5.74, 6) is 0. The minimum Gasteiger partial charge on any atom is -0.312 e.